The van der Waals surface area contributed by atoms with Crippen molar-refractivity contribution in [3.63, 3.8) is 0 Å². The van der Waals surface area contributed by atoms with E-state index in [9.17, 15) is 19.4 Å². The van der Waals surface area contributed by atoms with Crippen LogP contribution in [0.1, 0.15) is 72.8 Å². The molecule has 0 spiro atoms. The highest BCUT2D eigenvalue weighted by atomic mass is 19.1. The van der Waals surface area contributed by atoms with Gasteiger partial charge in [0.25, 0.3) is 5.91 Å². The van der Waals surface area contributed by atoms with E-state index >= 15 is 4.39 Å². The largest absolute Gasteiger partial charge is 0.481 e. The number of nitrogens with one attached hydrogen (secondary N) is 1. The number of ether oxygens (including phenoxy) is 1. The van der Waals surface area contributed by atoms with Crippen LogP contribution in [-0.2, 0) is 11.2 Å². The minimum Gasteiger partial charge on any atom is -0.481 e. The normalized spacial score (nSPS) is 17.0. The average Bonchev–Trinajstić information content (AvgIpc) is 3.88. The van der Waals surface area contributed by atoms with Gasteiger partial charge in [0.05, 0.1) is 36.2 Å². The van der Waals surface area contributed by atoms with Gasteiger partial charge in [-0.25, -0.2) is 18.3 Å². The zero-order valence-corrected chi connectivity index (χ0v) is 23.1. The van der Waals surface area contributed by atoms with E-state index in [-0.39, 0.29) is 29.4 Å². The van der Waals surface area contributed by atoms with Crippen LogP contribution in [0.25, 0.3) is 16.8 Å². The van der Waals surface area contributed by atoms with Crippen LogP contribution in [0.4, 0.5) is 8.78 Å². The van der Waals surface area contributed by atoms with Gasteiger partial charge in [0.15, 0.2) is 5.82 Å². The molecule has 0 saturated heterocycles. The first-order chi connectivity index (χ1) is 19.5. The van der Waals surface area contributed by atoms with Gasteiger partial charge in [-0.2, -0.15) is 5.10 Å². The molecule has 2 aliphatic rings. The highest BCUT2D eigenvalue weighted by Crippen LogP contribution is 2.46. The number of amides is 1. The molecule has 214 valence electrons. The summed E-state index contributed by atoms with van der Waals surface area (Å²) in [5.74, 6) is -1.06. The first-order valence-electron chi connectivity index (χ1n) is 13.8. The van der Waals surface area contributed by atoms with E-state index in [4.69, 9.17) is 4.74 Å². The average molecular weight is 563 g/mol. The van der Waals surface area contributed by atoms with Crippen LogP contribution in [0.2, 0.25) is 0 Å². The first-order valence-corrected chi connectivity index (χ1v) is 13.8. The van der Waals surface area contributed by atoms with E-state index in [2.05, 4.69) is 15.4 Å². The molecular weight excluding hydrogens is 530 g/mol. The van der Waals surface area contributed by atoms with Gasteiger partial charge < -0.3 is 20.3 Å². The number of carbonyl (C=O) groups excluding carboxylic acids is 1. The maximum atomic E-state index is 15.6. The predicted octanol–water partition coefficient (Wildman–Crippen LogP) is 4.82. The second-order valence-electron chi connectivity index (χ2n) is 11.6. The third-order valence-electron chi connectivity index (χ3n) is 7.96. The molecule has 1 amide bonds. The smallest absolute Gasteiger partial charge is 0.251 e. The SMILES string of the molecule is COc1cc(C(=O)NC[C@](O)(c2cc(C(C)(C)O)c(F)c(-c3ccc(F)cc3)n2)C2CC2)cc2cc(C3CC3)nn12. The van der Waals surface area contributed by atoms with Crippen molar-refractivity contribution >= 4 is 11.4 Å². The molecule has 10 heteroatoms. The summed E-state index contributed by atoms with van der Waals surface area (Å²) >= 11 is 0. The molecule has 3 N–H and O–H groups in total. The number of carbonyl (C=O) groups is 1. The summed E-state index contributed by atoms with van der Waals surface area (Å²) in [6.45, 7) is 2.69. The number of hydrogen-bond donors (Lipinski definition) is 3. The van der Waals surface area contributed by atoms with Crippen LogP contribution in [0, 0.1) is 17.6 Å². The lowest BCUT2D eigenvalue weighted by Gasteiger charge is -2.30. The number of nitrogens with zero attached hydrogens (tertiary/aromatic N) is 3. The number of rotatable bonds is 9. The third-order valence-corrected chi connectivity index (χ3v) is 7.96. The number of methoxy groups -OCH3 is 1. The van der Waals surface area contributed by atoms with Crippen LogP contribution < -0.4 is 10.1 Å². The Morgan fingerprint density at radius 2 is 1.78 bits per heavy atom. The molecule has 0 unspecified atom stereocenters. The number of aliphatic hydroxyl groups is 2. The molecule has 8 nitrogen and oxygen atoms in total. The van der Waals surface area contributed by atoms with E-state index in [0.717, 1.165) is 24.1 Å². The van der Waals surface area contributed by atoms with Crippen molar-refractivity contribution < 1.29 is 28.5 Å². The van der Waals surface area contributed by atoms with Crippen LogP contribution in [0.3, 0.4) is 0 Å². The fourth-order valence-electron chi connectivity index (χ4n) is 5.26. The molecule has 41 heavy (non-hydrogen) atoms. The Labute approximate surface area is 236 Å². The second kappa shape index (κ2) is 9.88. The summed E-state index contributed by atoms with van der Waals surface area (Å²) in [6, 6.07) is 11.8. The fraction of sp³-hybridized carbons (Fsp3) is 0.387. The van der Waals surface area contributed by atoms with Crippen molar-refractivity contribution in [1.82, 2.24) is 19.9 Å². The number of fused-ring (bicyclic) bond motifs is 1. The van der Waals surface area contributed by atoms with E-state index in [0.29, 0.717) is 35.8 Å². The maximum absolute atomic E-state index is 15.6. The van der Waals surface area contributed by atoms with Crippen molar-refractivity contribution in [3.8, 4) is 17.1 Å². The summed E-state index contributed by atoms with van der Waals surface area (Å²) in [4.78, 5) is 17.9. The topological polar surface area (TPSA) is 109 Å². The molecule has 2 aliphatic carbocycles. The first kappa shape index (κ1) is 27.3. The molecule has 4 aromatic rings. The zero-order valence-electron chi connectivity index (χ0n) is 23.1. The maximum Gasteiger partial charge on any atom is 0.251 e. The Kier molecular flexibility index (Phi) is 6.58. The molecule has 3 aromatic heterocycles. The molecule has 0 radical (unpaired) electrons. The Morgan fingerprint density at radius 3 is 2.39 bits per heavy atom. The third kappa shape index (κ3) is 5.17. The second-order valence-corrected chi connectivity index (χ2v) is 11.6. The standard InChI is InChI=1S/C31H32F2N4O4/c1-30(2,39)23-15-25(35-28(27(23)33)18-6-10-21(32)11-7-18)31(40,20-8-9-20)16-34-29(38)19-12-22-14-24(17-4-5-17)36-37(22)26(13-19)41-3/h6-7,10-15,17,20,39-40H,4-5,8-9,16H2,1-3H3,(H,34,38)/t31-/m1/s1. The fourth-order valence-corrected chi connectivity index (χ4v) is 5.26. The quantitative estimate of drug-likeness (QED) is 0.270. The van der Waals surface area contributed by atoms with Gasteiger partial charge in [0, 0.05) is 28.7 Å². The summed E-state index contributed by atoms with van der Waals surface area (Å²) in [5, 5.41) is 30.2. The molecule has 1 atom stereocenters. The Morgan fingerprint density at radius 1 is 1.07 bits per heavy atom. The van der Waals surface area contributed by atoms with E-state index < -0.39 is 28.7 Å². The van der Waals surface area contributed by atoms with Gasteiger partial charge in [0.2, 0.25) is 5.88 Å². The lowest BCUT2D eigenvalue weighted by atomic mass is 9.87. The highest BCUT2D eigenvalue weighted by molar-refractivity contribution is 5.95. The molecule has 2 fully saturated rings. The minimum absolute atomic E-state index is 0.0605. The summed E-state index contributed by atoms with van der Waals surface area (Å²) in [5.41, 5.74) is -0.962. The van der Waals surface area contributed by atoms with Gasteiger partial charge in [-0.3, -0.25) is 4.79 Å². The van der Waals surface area contributed by atoms with Gasteiger partial charge >= 0.3 is 0 Å². The van der Waals surface area contributed by atoms with E-state index in [1.165, 1.54) is 51.3 Å². The molecule has 2 saturated carbocycles. The summed E-state index contributed by atoms with van der Waals surface area (Å²) < 4.78 is 36.4. The monoisotopic (exact) mass is 562 g/mol. The van der Waals surface area contributed by atoms with Gasteiger partial charge in [-0.05, 0) is 87.9 Å². The number of halogens is 2. The van der Waals surface area contributed by atoms with Crippen LogP contribution in [-0.4, -0.2) is 44.4 Å². The molecule has 0 bridgehead atoms. The van der Waals surface area contributed by atoms with Crippen molar-refractivity contribution in [3.05, 3.63) is 82.7 Å². The van der Waals surface area contributed by atoms with E-state index in [1.807, 2.05) is 6.07 Å². The molecule has 6 rings (SSSR count). The van der Waals surface area contributed by atoms with Crippen molar-refractivity contribution in [1.29, 1.82) is 0 Å². The lowest BCUT2D eigenvalue weighted by molar-refractivity contribution is 0.00864. The van der Waals surface area contributed by atoms with Gasteiger partial charge in [-0.15, -0.1) is 0 Å². The van der Waals surface area contributed by atoms with Gasteiger partial charge in [0.1, 0.15) is 17.1 Å². The van der Waals surface area contributed by atoms with Crippen LogP contribution >= 0.6 is 0 Å². The number of hydrogen-bond acceptors (Lipinski definition) is 6. The van der Waals surface area contributed by atoms with Crippen molar-refractivity contribution in [2.24, 2.45) is 5.92 Å². The molecular formula is C31H32F2N4O4. The van der Waals surface area contributed by atoms with Crippen LogP contribution in [0.15, 0.2) is 48.5 Å². The Balaban J connectivity index is 1.34. The Bertz CT molecular complexity index is 1640. The summed E-state index contributed by atoms with van der Waals surface area (Å²) in [6.07, 6.45) is 3.56. The molecule has 0 aliphatic heterocycles. The van der Waals surface area contributed by atoms with E-state index in [1.54, 1.807) is 16.6 Å². The molecule has 1 aromatic carbocycles. The minimum atomic E-state index is -1.64. The molecule has 3 heterocycles. The Hall–Kier alpha value is -3.89. The van der Waals surface area contributed by atoms with Gasteiger partial charge in [-0.1, -0.05) is 0 Å². The van der Waals surface area contributed by atoms with Crippen molar-refractivity contribution in [2.45, 2.75) is 56.7 Å². The number of benzene rings is 1. The summed E-state index contributed by atoms with van der Waals surface area (Å²) in [7, 11) is 1.51. The zero-order chi connectivity index (χ0) is 29.1. The highest BCUT2D eigenvalue weighted by Gasteiger charge is 2.47. The lowest BCUT2D eigenvalue weighted by Crippen LogP contribution is -2.43. The number of pyridine rings is 2. The predicted molar refractivity (Wildman–Crippen MR) is 148 cm³/mol. The van der Waals surface area contributed by atoms with Crippen molar-refractivity contribution in [2.75, 3.05) is 13.7 Å². The number of aromatic nitrogens is 3. The van der Waals surface area contributed by atoms with Crippen LogP contribution in [0.5, 0.6) is 5.88 Å².